The first-order valence-electron chi connectivity index (χ1n) is 4.72. The Morgan fingerprint density at radius 2 is 2.44 bits per heavy atom. The molecule has 0 saturated heterocycles. The first-order valence-corrected chi connectivity index (χ1v) is 5.10. The van der Waals surface area contributed by atoms with Crippen LogP contribution in [0.4, 0.5) is 5.69 Å². The van der Waals surface area contributed by atoms with Gasteiger partial charge in [-0.3, -0.25) is 4.79 Å². The van der Waals surface area contributed by atoms with Gasteiger partial charge >= 0.3 is 0 Å². The van der Waals surface area contributed by atoms with E-state index in [0.717, 1.165) is 5.56 Å². The quantitative estimate of drug-likeness (QED) is 0.772. The molecule has 1 rings (SSSR count). The van der Waals surface area contributed by atoms with E-state index in [-0.39, 0.29) is 17.7 Å². The minimum Gasteiger partial charge on any atom is -0.383 e. The molecule has 1 heterocycles. The van der Waals surface area contributed by atoms with Crippen molar-refractivity contribution in [3.05, 3.63) is 23.0 Å². The van der Waals surface area contributed by atoms with Crippen LogP contribution in [0.3, 0.4) is 0 Å². The maximum Gasteiger partial charge on any atom is 0.243 e. The molecule has 6 heteroatoms. The van der Waals surface area contributed by atoms with E-state index in [2.05, 4.69) is 10.3 Å². The summed E-state index contributed by atoms with van der Waals surface area (Å²) in [6.45, 7) is 2.01. The highest BCUT2D eigenvalue weighted by molar-refractivity contribution is 6.32. The fourth-order valence-electron chi connectivity index (χ4n) is 1.12. The number of carbonyl (C=O) groups excluding carboxylic acids is 1. The lowest BCUT2D eigenvalue weighted by Crippen LogP contribution is -2.39. The lowest BCUT2D eigenvalue weighted by molar-refractivity contribution is -0.118. The first-order chi connectivity index (χ1) is 7.54. The van der Waals surface area contributed by atoms with Crippen molar-refractivity contribution in [3.8, 4) is 0 Å². The number of methoxy groups -OCH3 is 1. The van der Waals surface area contributed by atoms with Gasteiger partial charge in [-0.2, -0.15) is 0 Å². The predicted octanol–water partition coefficient (Wildman–Crippen LogP) is 0.956. The smallest absolute Gasteiger partial charge is 0.243 e. The van der Waals surface area contributed by atoms with E-state index in [4.69, 9.17) is 22.1 Å². The molecular formula is C10H14ClN3O2. The maximum atomic E-state index is 11.6. The second kappa shape index (κ2) is 5.79. The molecule has 0 aliphatic carbocycles. The Labute approximate surface area is 98.9 Å². The van der Waals surface area contributed by atoms with E-state index < -0.39 is 6.04 Å². The van der Waals surface area contributed by atoms with Gasteiger partial charge in [-0.25, -0.2) is 4.98 Å². The Morgan fingerprint density at radius 3 is 3.06 bits per heavy atom. The third kappa shape index (κ3) is 3.44. The van der Waals surface area contributed by atoms with Crippen LogP contribution >= 0.6 is 11.6 Å². The molecule has 1 amide bonds. The van der Waals surface area contributed by atoms with Crippen LogP contribution < -0.4 is 11.1 Å². The number of anilines is 1. The van der Waals surface area contributed by atoms with E-state index in [0.29, 0.717) is 5.69 Å². The fourth-order valence-corrected chi connectivity index (χ4v) is 1.27. The molecule has 3 N–H and O–H groups in total. The zero-order chi connectivity index (χ0) is 12.1. The third-order valence-electron chi connectivity index (χ3n) is 1.92. The van der Waals surface area contributed by atoms with Crippen molar-refractivity contribution in [3.63, 3.8) is 0 Å². The van der Waals surface area contributed by atoms with E-state index in [9.17, 15) is 4.79 Å². The van der Waals surface area contributed by atoms with Crippen molar-refractivity contribution in [2.45, 2.75) is 13.0 Å². The van der Waals surface area contributed by atoms with E-state index >= 15 is 0 Å². The van der Waals surface area contributed by atoms with Crippen molar-refractivity contribution < 1.29 is 9.53 Å². The molecule has 1 aromatic rings. The van der Waals surface area contributed by atoms with Crippen LogP contribution in [0.2, 0.25) is 5.15 Å². The summed E-state index contributed by atoms with van der Waals surface area (Å²) >= 11 is 5.82. The van der Waals surface area contributed by atoms with Crippen molar-refractivity contribution in [2.75, 3.05) is 19.0 Å². The Balaban J connectivity index is 2.72. The van der Waals surface area contributed by atoms with Crippen LogP contribution in [-0.2, 0) is 9.53 Å². The van der Waals surface area contributed by atoms with Gasteiger partial charge in [-0.05, 0) is 18.6 Å². The highest BCUT2D eigenvalue weighted by Crippen LogP contribution is 2.19. The van der Waals surface area contributed by atoms with Crippen molar-refractivity contribution in [1.29, 1.82) is 0 Å². The average molecular weight is 244 g/mol. The Bertz CT molecular complexity index is 384. The topological polar surface area (TPSA) is 77.2 Å². The first kappa shape index (κ1) is 12.9. The third-order valence-corrected chi connectivity index (χ3v) is 2.22. The second-order valence-corrected chi connectivity index (χ2v) is 3.76. The van der Waals surface area contributed by atoms with E-state index in [1.807, 2.05) is 6.92 Å². The monoisotopic (exact) mass is 243 g/mol. The Kier molecular flexibility index (Phi) is 4.67. The lowest BCUT2D eigenvalue weighted by Gasteiger charge is -2.12. The molecule has 0 spiro atoms. The number of aromatic nitrogens is 1. The van der Waals surface area contributed by atoms with Gasteiger partial charge in [-0.1, -0.05) is 11.6 Å². The molecule has 1 aromatic heterocycles. The summed E-state index contributed by atoms with van der Waals surface area (Å²) in [6, 6.07) is 1.01. The minimum absolute atomic E-state index is 0.155. The molecule has 0 saturated carbocycles. The van der Waals surface area contributed by atoms with E-state index in [1.54, 1.807) is 12.3 Å². The van der Waals surface area contributed by atoms with Gasteiger partial charge in [0.25, 0.3) is 0 Å². The molecule has 1 atom stereocenters. The zero-order valence-electron chi connectivity index (χ0n) is 9.16. The van der Waals surface area contributed by atoms with Gasteiger partial charge in [0.2, 0.25) is 5.91 Å². The van der Waals surface area contributed by atoms with Crippen molar-refractivity contribution in [1.82, 2.24) is 4.98 Å². The van der Waals surface area contributed by atoms with Crippen LogP contribution in [0.5, 0.6) is 0 Å². The van der Waals surface area contributed by atoms with E-state index in [1.165, 1.54) is 7.11 Å². The number of halogens is 1. The zero-order valence-corrected chi connectivity index (χ0v) is 9.91. The number of aryl methyl sites for hydroxylation is 1. The van der Waals surface area contributed by atoms with Gasteiger partial charge in [-0.15, -0.1) is 0 Å². The molecule has 1 unspecified atom stereocenters. The van der Waals surface area contributed by atoms with Gasteiger partial charge < -0.3 is 15.8 Å². The largest absolute Gasteiger partial charge is 0.383 e. The number of hydrogen-bond donors (Lipinski definition) is 2. The number of nitrogens with two attached hydrogens (primary N) is 1. The van der Waals surface area contributed by atoms with Crippen LogP contribution in [-0.4, -0.2) is 30.6 Å². The SMILES string of the molecule is COCC(N)C(=O)Nc1cc(C)cnc1Cl. The van der Waals surface area contributed by atoms with Crippen LogP contribution in [0.1, 0.15) is 5.56 Å². The summed E-state index contributed by atoms with van der Waals surface area (Å²) < 4.78 is 4.78. The van der Waals surface area contributed by atoms with Crippen molar-refractivity contribution in [2.24, 2.45) is 5.73 Å². The summed E-state index contributed by atoms with van der Waals surface area (Å²) in [5, 5.41) is 2.84. The summed E-state index contributed by atoms with van der Waals surface area (Å²) in [6.07, 6.45) is 1.62. The average Bonchev–Trinajstić information content (AvgIpc) is 2.23. The highest BCUT2D eigenvalue weighted by Gasteiger charge is 2.14. The molecule has 0 bridgehead atoms. The van der Waals surface area contributed by atoms with Crippen LogP contribution in [0.15, 0.2) is 12.3 Å². The van der Waals surface area contributed by atoms with Crippen LogP contribution in [0, 0.1) is 6.92 Å². The molecule has 0 aliphatic heterocycles. The minimum atomic E-state index is -0.721. The van der Waals surface area contributed by atoms with Gasteiger partial charge in [0.05, 0.1) is 12.3 Å². The van der Waals surface area contributed by atoms with Crippen molar-refractivity contribution >= 4 is 23.2 Å². The molecule has 88 valence electrons. The second-order valence-electron chi connectivity index (χ2n) is 3.40. The fraction of sp³-hybridized carbons (Fsp3) is 0.400. The predicted molar refractivity (Wildman–Crippen MR) is 62.5 cm³/mol. The molecule has 0 fully saturated rings. The van der Waals surface area contributed by atoms with Gasteiger partial charge in [0.1, 0.15) is 6.04 Å². The number of amides is 1. The lowest BCUT2D eigenvalue weighted by atomic mass is 10.2. The summed E-state index contributed by atoms with van der Waals surface area (Å²) in [7, 11) is 1.48. The number of rotatable bonds is 4. The molecule has 16 heavy (non-hydrogen) atoms. The maximum absolute atomic E-state index is 11.6. The molecule has 0 aliphatic rings. The number of ether oxygens (including phenoxy) is 1. The van der Waals surface area contributed by atoms with Gasteiger partial charge in [0, 0.05) is 13.3 Å². The number of carbonyl (C=O) groups is 1. The highest BCUT2D eigenvalue weighted by atomic mass is 35.5. The summed E-state index contributed by atoms with van der Waals surface area (Å²) in [5.41, 5.74) is 6.92. The normalized spacial score (nSPS) is 12.2. The number of nitrogens with one attached hydrogen (secondary N) is 1. The molecule has 0 radical (unpaired) electrons. The standard InChI is InChI=1S/C10H14ClN3O2/c1-6-3-8(9(11)13-4-6)14-10(15)7(12)5-16-2/h3-4,7H,5,12H2,1-2H3,(H,14,15). The Hall–Kier alpha value is -1.17. The van der Waals surface area contributed by atoms with Gasteiger partial charge in [0.15, 0.2) is 5.15 Å². The van der Waals surface area contributed by atoms with Crippen LogP contribution in [0.25, 0.3) is 0 Å². The summed E-state index contributed by atoms with van der Waals surface area (Å²) in [5.74, 6) is -0.351. The molecule has 0 aromatic carbocycles. The molecule has 5 nitrogen and oxygen atoms in total. The number of pyridine rings is 1. The number of hydrogen-bond acceptors (Lipinski definition) is 4. The summed E-state index contributed by atoms with van der Waals surface area (Å²) in [4.78, 5) is 15.5. The molecular weight excluding hydrogens is 230 g/mol. The number of nitrogens with zero attached hydrogens (tertiary/aromatic N) is 1. The Morgan fingerprint density at radius 1 is 1.75 bits per heavy atom.